The number of halogens is 1. The molecule has 114 valence electrons. The van der Waals surface area contributed by atoms with Crippen LogP contribution in [-0.2, 0) is 4.74 Å². The van der Waals surface area contributed by atoms with Crippen molar-refractivity contribution in [2.45, 2.75) is 33.7 Å². The summed E-state index contributed by atoms with van der Waals surface area (Å²) in [6.07, 6.45) is 0. The largest absolute Gasteiger partial charge is 0.383 e. The molecule has 1 heterocycles. The van der Waals surface area contributed by atoms with Crippen LogP contribution in [0.2, 0.25) is 5.28 Å². The number of hydrogen-bond donors (Lipinski definition) is 1. The van der Waals surface area contributed by atoms with E-state index in [1.54, 1.807) is 7.11 Å². The Bertz CT molecular complexity index is 412. The van der Waals surface area contributed by atoms with Crippen LogP contribution in [0.3, 0.4) is 0 Å². The summed E-state index contributed by atoms with van der Waals surface area (Å²) in [7, 11) is 1.68. The maximum atomic E-state index is 5.99. The minimum Gasteiger partial charge on any atom is -0.383 e. The number of nitrogens with one attached hydrogen (secondary N) is 1. The molecule has 0 aliphatic rings. The van der Waals surface area contributed by atoms with Crippen molar-refractivity contribution in [3.05, 3.63) is 5.28 Å². The molecular weight excluding hydrogens is 278 g/mol. The number of anilines is 2. The van der Waals surface area contributed by atoms with Gasteiger partial charge in [0.15, 0.2) is 0 Å². The molecule has 0 bridgehead atoms. The second-order valence-corrected chi connectivity index (χ2v) is 5.19. The lowest BCUT2D eigenvalue weighted by molar-refractivity contribution is 0.171. The minimum absolute atomic E-state index is 0.128. The van der Waals surface area contributed by atoms with E-state index in [-0.39, 0.29) is 11.3 Å². The van der Waals surface area contributed by atoms with Crippen LogP contribution in [0.5, 0.6) is 0 Å². The predicted octanol–water partition coefficient (Wildman–Crippen LogP) is 2.45. The molecule has 0 radical (unpaired) electrons. The van der Waals surface area contributed by atoms with Gasteiger partial charge >= 0.3 is 0 Å². The molecular formula is C13H24ClN5O. The smallest absolute Gasteiger partial charge is 0.231 e. The van der Waals surface area contributed by atoms with Gasteiger partial charge in [0.25, 0.3) is 0 Å². The number of ether oxygens (including phenoxy) is 1. The molecule has 1 unspecified atom stereocenters. The Morgan fingerprint density at radius 1 is 1.20 bits per heavy atom. The molecule has 0 saturated heterocycles. The summed E-state index contributed by atoms with van der Waals surface area (Å²) in [6.45, 7) is 10.6. The fourth-order valence-corrected chi connectivity index (χ4v) is 1.95. The molecule has 7 heteroatoms. The highest BCUT2D eigenvalue weighted by Gasteiger charge is 2.16. The molecule has 0 amide bonds. The Kier molecular flexibility index (Phi) is 6.95. The van der Waals surface area contributed by atoms with E-state index in [9.17, 15) is 0 Å². The summed E-state index contributed by atoms with van der Waals surface area (Å²) in [5, 5.41) is 3.46. The molecule has 6 nitrogen and oxygen atoms in total. The molecule has 1 aromatic rings. The highest BCUT2D eigenvalue weighted by Crippen LogP contribution is 2.16. The van der Waals surface area contributed by atoms with Gasteiger partial charge < -0.3 is 15.0 Å². The fraction of sp³-hybridized carbons (Fsp3) is 0.769. The van der Waals surface area contributed by atoms with Crippen LogP contribution in [0.4, 0.5) is 11.9 Å². The third-order valence-electron chi connectivity index (χ3n) is 3.11. The molecule has 1 N–H and O–H groups in total. The lowest BCUT2D eigenvalue weighted by Crippen LogP contribution is -2.32. The van der Waals surface area contributed by atoms with Gasteiger partial charge in [-0.3, -0.25) is 0 Å². The zero-order chi connectivity index (χ0) is 15.1. The van der Waals surface area contributed by atoms with E-state index in [4.69, 9.17) is 16.3 Å². The summed E-state index contributed by atoms with van der Waals surface area (Å²) in [5.74, 6) is 1.47. The fourth-order valence-electron chi connectivity index (χ4n) is 1.80. The van der Waals surface area contributed by atoms with Gasteiger partial charge in [-0.25, -0.2) is 0 Å². The normalized spacial score (nSPS) is 12.6. The number of hydrogen-bond acceptors (Lipinski definition) is 6. The molecule has 1 aromatic heterocycles. The first kappa shape index (κ1) is 16.9. The molecule has 0 aromatic carbocycles. The van der Waals surface area contributed by atoms with Crippen LogP contribution in [0.1, 0.15) is 27.7 Å². The Hall–Kier alpha value is -1.14. The van der Waals surface area contributed by atoms with E-state index < -0.39 is 0 Å². The summed E-state index contributed by atoms with van der Waals surface area (Å²) in [5.41, 5.74) is 0. The van der Waals surface area contributed by atoms with E-state index in [1.165, 1.54) is 0 Å². The number of nitrogens with zero attached hydrogens (tertiary/aromatic N) is 4. The van der Waals surface area contributed by atoms with Gasteiger partial charge in [-0.05, 0) is 31.4 Å². The number of aromatic nitrogens is 3. The Morgan fingerprint density at radius 3 is 2.35 bits per heavy atom. The first-order chi connectivity index (χ1) is 9.51. The number of methoxy groups -OCH3 is 1. The highest BCUT2D eigenvalue weighted by molar-refractivity contribution is 6.28. The zero-order valence-corrected chi connectivity index (χ0v) is 13.6. The Morgan fingerprint density at radius 2 is 1.85 bits per heavy atom. The van der Waals surface area contributed by atoms with Crippen molar-refractivity contribution in [3.63, 3.8) is 0 Å². The third-order valence-corrected chi connectivity index (χ3v) is 3.28. The molecule has 20 heavy (non-hydrogen) atoms. The summed E-state index contributed by atoms with van der Waals surface area (Å²) in [4.78, 5) is 14.8. The first-order valence-corrected chi connectivity index (χ1v) is 7.31. The van der Waals surface area contributed by atoms with Crippen LogP contribution in [0.25, 0.3) is 0 Å². The second kappa shape index (κ2) is 8.21. The Balaban J connectivity index is 2.94. The lowest BCUT2D eigenvalue weighted by atomic mass is 10.1. The van der Waals surface area contributed by atoms with Gasteiger partial charge in [0.05, 0.1) is 12.6 Å². The van der Waals surface area contributed by atoms with E-state index >= 15 is 0 Å². The first-order valence-electron chi connectivity index (χ1n) is 6.93. The summed E-state index contributed by atoms with van der Waals surface area (Å²) >= 11 is 5.99. The van der Waals surface area contributed by atoms with Gasteiger partial charge in [-0.15, -0.1) is 0 Å². The van der Waals surface area contributed by atoms with Crippen LogP contribution in [0.15, 0.2) is 0 Å². The van der Waals surface area contributed by atoms with E-state index in [2.05, 4.69) is 48.0 Å². The van der Waals surface area contributed by atoms with Gasteiger partial charge in [0.1, 0.15) is 0 Å². The topological polar surface area (TPSA) is 63.2 Å². The summed E-state index contributed by atoms with van der Waals surface area (Å²) < 4.78 is 5.21. The quantitative estimate of drug-likeness (QED) is 0.796. The third kappa shape index (κ3) is 4.76. The van der Waals surface area contributed by atoms with Gasteiger partial charge in [-0.2, -0.15) is 15.0 Å². The lowest BCUT2D eigenvalue weighted by Gasteiger charge is -2.23. The average Bonchev–Trinajstić information content (AvgIpc) is 2.39. The maximum absolute atomic E-state index is 5.99. The van der Waals surface area contributed by atoms with Crippen molar-refractivity contribution in [2.24, 2.45) is 5.92 Å². The van der Waals surface area contributed by atoms with Crippen molar-refractivity contribution >= 4 is 23.5 Å². The zero-order valence-electron chi connectivity index (χ0n) is 12.9. The summed E-state index contributed by atoms with van der Waals surface area (Å²) in [6, 6.07) is 0.128. The molecule has 0 saturated carbocycles. The number of rotatable bonds is 8. The SMILES string of the molecule is CCN(CC)c1nc(Cl)nc(NC(COC)C(C)C)n1. The van der Waals surface area contributed by atoms with E-state index in [1.807, 2.05) is 4.90 Å². The van der Waals surface area contributed by atoms with E-state index in [0.29, 0.717) is 24.4 Å². The Labute approximate surface area is 125 Å². The van der Waals surface area contributed by atoms with Crippen LogP contribution in [-0.4, -0.2) is 47.8 Å². The van der Waals surface area contributed by atoms with Crippen molar-refractivity contribution in [1.29, 1.82) is 0 Å². The molecule has 0 spiro atoms. The molecule has 0 aliphatic carbocycles. The van der Waals surface area contributed by atoms with Crippen LogP contribution in [0, 0.1) is 5.92 Å². The van der Waals surface area contributed by atoms with Gasteiger partial charge in [0, 0.05) is 20.2 Å². The average molecular weight is 302 g/mol. The standard InChI is InChI=1S/C13H24ClN5O/c1-6-19(7-2)13-17-11(14)16-12(18-13)15-10(8-20-5)9(3)4/h9-10H,6-8H2,1-5H3,(H,15,16,17,18). The molecule has 0 aliphatic heterocycles. The van der Waals surface area contributed by atoms with Gasteiger partial charge in [0.2, 0.25) is 17.2 Å². The molecule has 1 atom stereocenters. The minimum atomic E-state index is 0.128. The van der Waals surface area contributed by atoms with Gasteiger partial charge in [-0.1, -0.05) is 13.8 Å². The predicted molar refractivity (Wildman–Crippen MR) is 82.5 cm³/mol. The molecule has 0 fully saturated rings. The maximum Gasteiger partial charge on any atom is 0.231 e. The van der Waals surface area contributed by atoms with E-state index in [0.717, 1.165) is 13.1 Å². The van der Waals surface area contributed by atoms with Crippen molar-refractivity contribution in [2.75, 3.05) is 37.0 Å². The second-order valence-electron chi connectivity index (χ2n) is 4.85. The molecule has 1 rings (SSSR count). The van der Waals surface area contributed by atoms with Crippen molar-refractivity contribution < 1.29 is 4.74 Å². The highest BCUT2D eigenvalue weighted by atomic mass is 35.5. The van der Waals surface area contributed by atoms with Crippen LogP contribution < -0.4 is 10.2 Å². The van der Waals surface area contributed by atoms with Crippen molar-refractivity contribution in [1.82, 2.24) is 15.0 Å². The van der Waals surface area contributed by atoms with Crippen molar-refractivity contribution in [3.8, 4) is 0 Å². The monoisotopic (exact) mass is 301 g/mol. The van der Waals surface area contributed by atoms with Crippen LogP contribution >= 0.6 is 11.6 Å².